The zero-order valence-electron chi connectivity index (χ0n) is 9.90. The minimum Gasteiger partial charge on any atom is -0.492 e. The number of aromatic nitrogens is 2. The fraction of sp³-hybridized carbons (Fsp3) is 0.308. The molecule has 4 nitrogen and oxygen atoms in total. The quantitative estimate of drug-likeness (QED) is 0.905. The SMILES string of the molecule is Clc1ccc2c(c1)CN(Cc1ccn[nH]1)CCO2. The Bertz CT molecular complexity index is 527. The van der Waals surface area contributed by atoms with Gasteiger partial charge in [-0.2, -0.15) is 5.10 Å². The van der Waals surface area contributed by atoms with Gasteiger partial charge in [0.2, 0.25) is 0 Å². The van der Waals surface area contributed by atoms with Crippen LogP contribution in [0.25, 0.3) is 0 Å². The number of aromatic amines is 1. The number of rotatable bonds is 2. The summed E-state index contributed by atoms with van der Waals surface area (Å²) >= 11 is 6.03. The molecule has 1 aromatic heterocycles. The van der Waals surface area contributed by atoms with Crippen molar-refractivity contribution in [2.24, 2.45) is 0 Å². The van der Waals surface area contributed by atoms with Gasteiger partial charge >= 0.3 is 0 Å². The molecule has 2 heterocycles. The van der Waals surface area contributed by atoms with Crippen LogP contribution in [-0.2, 0) is 13.1 Å². The first-order valence-corrected chi connectivity index (χ1v) is 6.31. The Morgan fingerprint density at radius 3 is 3.17 bits per heavy atom. The highest BCUT2D eigenvalue weighted by Crippen LogP contribution is 2.26. The highest BCUT2D eigenvalue weighted by atomic mass is 35.5. The van der Waals surface area contributed by atoms with Crippen molar-refractivity contribution < 1.29 is 4.74 Å². The van der Waals surface area contributed by atoms with Crippen LogP contribution in [0.15, 0.2) is 30.5 Å². The van der Waals surface area contributed by atoms with Crippen molar-refractivity contribution in [1.29, 1.82) is 0 Å². The Morgan fingerprint density at radius 1 is 1.39 bits per heavy atom. The smallest absolute Gasteiger partial charge is 0.123 e. The highest BCUT2D eigenvalue weighted by Gasteiger charge is 2.16. The van der Waals surface area contributed by atoms with Gasteiger partial charge in [-0.05, 0) is 24.3 Å². The molecule has 18 heavy (non-hydrogen) atoms. The molecule has 94 valence electrons. The summed E-state index contributed by atoms with van der Waals surface area (Å²) in [5.41, 5.74) is 2.25. The third kappa shape index (κ3) is 2.49. The number of hydrogen-bond donors (Lipinski definition) is 1. The fourth-order valence-corrected chi connectivity index (χ4v) is 2.36. The van der Waals surface area contributed by atoms with Gasteiger partial charge in [0.1, 0.15) is 12.4 Å². The number of nitrogens with zero attached hydrogens (tertiary/aromatic N) is 2. The molecule has 0 saturated carbocycles. The Hall–Kier alpha value is -1.52. The van der Waals surface area contributed by atoms with E-state index in [1.54, 1.807) is 6.20 Å². The van der Waals surface area contributed by atoms with Crippen LogP contribution in [-0.4, -0.2) is 28.2 Å². The van der Waals surface area contributed by atoms with Crippen LogP contribution < -0.4 is 4.74 Å². The van der Waals surface area contributed by atoms with E-state index in [2.05, 4.69) is 15.1 Å². The van der Waals surface area contributed by atoms with Gasteiger partial charge in [0.05, 0.1) is 0 Å². The molecular formula is C13H14ClN3O. The first-order valence-electron chi connectivity index (χ1n) is 5.93. The average Bonchev–Trinajstić information content (AvgIpc) is 2.76. The highest BCUT2D eigenvalue weighted by molar-refractivity contribution is 6.30. The molecular weight excluding hydrogens is 250 g/mol. The van der Waals surface area contributed by atoms with Crippen molar-refractivity contribution in [3.05, 3.63) is 46.7 Å². The molecule has 1 aliphatic rings. The summed E-state index contributed by atoms with van der Waals surface area (Å²) in [4.78, 5) is 2.32. The molecule has 0 spiro atoms. The van der Waals surface area contributed by atoms with Crippen LogP contribution in [0.5, 0.6) is 5.75 Å². The lowest BCUT2D eigenvalue weighted by Crippen LogP contribution is -2.25. The zero-order valence-corrected chi connectivity index (χ0v) is 10.7. The summed E-state index contributed by atoms with van der Waals surface area (Å²) in [5.74, 6) is 0.937. The van der Waals surface area contributed by atoms with Crippen LogP contribution in [0, 0.1) is 0 Å². The normalized spacial score (nSPS) is 15.8. The van der Waals surface area contributed by atoms with E-state index in [1.165, 1.54) is 0 Å². The van der Waals surface area contributed by atoms with E-state index in [0.717, 1.165) is 41.7 Å². The topological polar surface area (TPSA) is 41.2 Å². The van der Waals surface area contributed by atoms with Gasteiger partial charge in [-0.1, -0.05) is 11.6 Å². The summed E-state index contributed by atoms with van der Waals surface area (Å²) in [6.07, 6.45) is 1.77. The summed E-state index contributed by atoms with van der Waals surface area (Å²) in [5, 5.41) is 7.70. The van der Waals surface area contributed by atoms with Crippen LogP contribution in [0.4, 0.5) is 0 Å². The second kappa shape index (κ2) is 5.00. The summed E-state index contributed by atoms with van der Waals surface area (Å²) in [6.45, 7) is 3.28. The molecule has 5 heteroatoms. The molecule has 1 N–H and O–H groups in total. The standard InChI is InChI=1S/C13H14ClN3O/c14-11-1-2-13-10(7-11)8-17(5-6-18-13)9-12-3-4-15-16-12/h1-4,7H,5-6,8-9H2,(H,15,16). The molecule has 0 saturated heterocycles. The molecule has 0 atom stereocenters. The van der Waals surface area contributed by atoms with E-state index in [1.807, 2.05) is 24.3 Å². The lowest BCUT2D eigenvalue weighted by molar-refractivity contribution is 0.217. The van der Waals surface area contributed by atoms with Crippen LogP contribution >= 0.6 is 11.6 Å². The maximum atomic E-state index is 6.03. The molecule has 2 aromatic rings. The van der Waals surface area contributed by atoms with Crippen molar-refractivity contribution >= 4 is 11.6 Å². The monoisotopic (exact) mass is 263 g/mol. The van der Waals surface area contributed by atoms with Gasteiger partial charge in [0, 0.05) is 42.1 Å². The number of benzene rings is 1. The van der Waals surface area contributed by atoms with Gasteiger partial charge in [-0.3, -0.25) is 10.00 Å². The van der Waals surface area contributed by atoms with Crippen LogP contribution in [0.3, 0.4) is 0 Å². The Labute approximate surface area is 111 Å². The zero-order chi connectivity index (χ0) is 12.4. The second-order valence-electron chi connectivity index (χ2n) is 4.39. The van der Waals surface area contributed by atoms with E-state index in [9.17, 15) is 0 Å². The molecule has 1 aliphatic heterocycles. The summed E-state index contributed by atoms with van der Waals surface area (Å²) in [6, 6.07) is 7.77. The lowest BCUT2D eigenvalue weighted by atomic mass is 10.2. The predicted molar refractivity (Wildman–Crippen MR) is 69.6 cm³/mol. The van der Waals surface area contributed by atoms with E-state index >= 15 is 0 Å². The van der Waals surface area contributed by atoms with Gasteiger partial charge in [-0.15, -0.1) is 0 Å². The van der Waals surface area contributed by atoms with Crippen molar-refractivity contribution in [2.75, 3.05) is 13.2 Å². The Balaban J connectivity index is 1.79. The van der Waals surface area contributed by atoms with E-state index in [4.69, 9.17) is 16.3 Å². The average molecular weight is 264 g/mol. The molecule has 1 aromatic carbocycles. The van der Waals surface area contributed by atoms with E-state index < -0.39 is 0 Å². The molecule has 3 rings (SSSR count). The third-order valence-corrected chi connectivity index (χ3v) is 3.27. The van der Waals surface area contributed by atoms with E-state index in [-0.39, 0.29) is 0 Å². The molecule has 0 amide bonds. The summed E-state index contributed by atoms with van der Waals surface area (Å²) in [7, 11) is 0. The number of hydrogen-bond acceptors (Lipinski definition) is 3. The fourth-order valence-electron chi connectivity index (χ4n) is 2.17. The van der Waals surface area contributed by atoms with Gasteiger partial charge < -0.3 is 4.74 Å². The maximum absolute atomic E-state index is 6.03. The molecule has 0 radical (unpaired) electrons. The van der Waals surface area contributed by atoms with E-state index in [0.29, 0.717) is 6.61 Å². The third-order valence-electron chi connectivity index (χ3n) is 3.03. The Morgan fingerprint density at radius 2 is 2.33 bits per heavy atom. The molecule has 0 unspecified atom stereocenters. The van der Waals surface area contributed by atoms with Crippen molar-refractivity contribution in [1.82, 2.24) is 15.1 Å². The largest absolute Gasteiger partial charge is 0.492 e. The van der Waals surface area contributed by atoms with Crippen LogP contribution in [0.2, 0.25) is 5.02 Å². The lowest BCUT2D eigenvalue weighted by Gasteiger charge is -2.18. The number of H-pyrrole nitrogens is 1. The first kappa shape index (κ1) is 11.6. The first-order chi connectivity index (χ1) is 8.81. The van der Waals surface area contributed by atoms with Gasteiger partial charge in [0.15, 0.2) is 0 Å². The van der Waals surface area contributed by atoms with Crippen molar-refractivity contribution in [3.8, 4) is 5.75 Å². The van der Waals surface area contributed by atoms with Gasteiger partial charge in [-0.25, -0.2) is 0 Å². The molecule has 0 fully saturated rings. The van der Waals surface area contributed by atoms with Crippen molar-refractivity contribution in [2.45, 2.75) is 13.1 Å². The summed E-state index contributed by atoms with van der Waals surface area (Å²) < 4.78 is 5.73. The number of fused-ring (bicyclic) bond motifs is 1. The minimum absolute atomic E-state index is 0.697. The number of halogens is 1. The molecule has 0 aliphatic carbocycles. The minimum atomic E-state index is 0.697. The predicted octanol–water partition coefficient (Wildman–Crippen LogP) is 2.46. The maximum Gasteiger partial charge on any atom is 0.123 e. The second-order valence-corrected chi connectivity index (χ2v) is 4.83. The van der Waals surface area contributed by atoms with Gasteiger partial charge in [0.25, 0.3) is 0 Å². The van der Waals surface area contributed by atoms with Crippen molar-refractivity contribution in [3.63, 3.8) is 0 Å². The Kier molecular flexibility index (Phi) is 3.21. The van der Waals surface area contributed by atoms with Crippen LogP contribution in [0.1, 0.15) is 11.3 Å². The molecule has 0 bridgehead atoms. The number of nitrogens with one attached hydrogen (secondary N) is 1. The number of ether oxygens (including phenoxy) is 1.